The highest BCUT2D eigenvalue weighted by atomic mass is 16.2. The maximum absolute atomic E-state index is 13.4. The van der Waals surface area contributed by atoms with Crippen LogP contribution in [0, 0.1) is 27.7 Å². The molecule has 0 unspecified atom stereocenters. The van der Waals surface area contributed by atoms with Gasteiger partial charge in [-0.15, -0.1) is 0 Å². The quantitative estimate of drug-likeness (QED) is 0.456. The monoisotopic (exact) mass is 439 g/mol. The minimum absolute atomic E-state index is 0.196. The summed E-state index contributed by atoms with van der Waals surface area (Å²) in [5.74, 6) is 0.770. The molecule has 33 heavy (non-hydrogen) atoms. The molecular formula is C27H29N5O. The largest absolute Gasteiger partial charge is 0.356 e. The number of carbonyl (C=O) groups excluding carboxylic acids is 1. The van der Waals surface area contributed by atoms with Crippen LogP contribution in [0.2, 0.25) is 0 Å². The number of benzene rings is 2. The Balaban J connectivity index is 1.71. The first-order valence-corrected chi connectivity index (χ1v) is 11.5. The van der Waals surface area contributed by atoms with Crippen LogP contribution in [0.1, 0.15) is 45.8 Å². The predicted octanol–water partition coefficient (Wildman–Crippen LogP) is 5.51. The van der Waals surface area contributed by atoms with Crippen LogP contribution in [0.3, 0.4) is 0 Å². The Morgan fingerprint density at radius 1 is 0.879 bits per heavy atom. The van der Waals surface area contributed by atoms with Gasteiger partial charge in [-0.1, -0.05) is 36.4 Å². The van der Waals surface area contributed by atoms with Crippen molar-refractivity contribution in [1.29, 1.82) is 0 Å². The molecule has 5 rings (SSSR count). The summed E-state index contributed by atoms with van der Waals surface area (Å²) in [6, 6.07) is 16.2. The Morgan fingerprint density at radius 2 is 1.55 bits per heavy atom. The molecule has 1 fully saturated rings. The van der Waals surface area contributed by atoms with Crippen molar-refractivity contribution in [3.8, 4) is 5.69 Å². The van der Waals surface area contributed by atoms with Crippen LogP contribution in [-0.2, 0) is 0 Å². The smallest absolute Gasteiger partial charge is 0.293 e. The number of nitrogens with one attached hydrogen (secondary N) is 1. The maximum atomic E-state index is 13.4. The first kappa shape index (κ1) is 21.2. The zero-order chi connectivity index (χ0) is 23.1. The SMILES string of the molecule is Cc1cccc(C)c1NC(=O)c1nc(N2CCCC2)c2c(C)c(C)n(-c3ccccc3)c2n1. The Labute approximate surface area is 194 Å². The van der Waals surface area contributed by atoms with E-state index in [9.17, 15) is 4.79 Å². The van der Waals surface area contributed by atoms with E-state index < -0.39 is 0 Å². The van der Waals surface area contributed by atoms with Gasteiger partial charge in [0, 0.05) is 30.2 Å². The molecule has 4 aromatic rings. The van der Waals surface area contributed by atoms with E-state index in [0.29, 0.717) is 0 Å². The number of rotatable bonds is 4. The van der Waals surface area contributed by atoms with E-state index >= 15 is 0 Å². The van der Waals surface area contributed by atoms with Crippen LogP contribution >= 0.6 is 0 Å². The summed E-state index contributed by atoms with van der Waals surface area (Å²) in [5, 5.41) is 4.10. The van der Waals surface area contributed by atoms with E-state index in [0.717, 1.165) is 76.5 Å². The molecule has 0 saturated carbocycles. The van der Waals surface area contributed by atoms with E-state index in [1.54, 1.807) is 0 Å². The van der Waals surface area contributed by atoms with Crippen LogP contribution in [0.25, 0.3) is 16.7 Å². The van der Waals surface area contributed by atoms with E-state index in [2.05, 4.69) is 40.8 Å². The van der Waals surface area contributed by atoms with Gasteiger partial charge in [0.25, 0.3) is 5.91 Å². The van der Waals surface area contributed by atoms with E-state index in [4.69, 9.17) is 9.97 Å². The second-order valence-corrected chi connectivity index (χ2v) is 8.87. The molecule has 168 valence electrons. The van der Waals surface area contributed by atoms with Crippen LogP contribution in [0.15, 0.2) is 48.5 Å². The van der Waals surface area contributed by atoms with Crippen molar-refractivity contribution in [3.63, 3.8) is 0 Å². The Bertz CT molecular complexity index is 1330. The number of hydrogen-bond acceptors (Lipinski definition) is 4. The fraction of sp³-hybridized carbons (Fsp3) is 0.296. The summed E-state index contributed by atoms with van der Waals surface area (Å²) in [6.07, 6.45) is 2.26. The van der Waals surface area contributed by atoms with Gasteiger partial charge < -0.3 is 10.2 Å². The molecule has 0 radical (unpaired) electrons. The predicted molar refractivity (Wildman–Crippen MR) is 134 cm³/mol. The van der Waals surface area contributed by atoms with Crippen molar-refractivity contribution in [2.24, 2.45) is 0 Å². The van der Waals surface area contributed by atoms with Crippen LogP contribution < -0.4 is 10.2 Å². The van der Waals surface area contributed by atoms with Crippen molar-refractivity contribution in [3.05, 3.63) is 76.7 Å². The Morgan fingerprint density at radius 3 is 2.21 bits per heavy atom. The molecule has 1 saturated heterocycles. The number of anilines is 2. The molecule has 1 amide bonds. The lowest BCUT2D eigenvalue weighted by Crippen LogP contribution is -2.23. The fourth-order valence-corrected chi connectivity index (χ4v) is 4.78. The summed E-state index contributed by atoms with van der Waals surface area (Å²) in [6.45, 7) is 10.1. The first-order valence-electron chi connectivity index (χ1n) is 11.5. The van der Waals surface area contributed by atoms with Crippen molar-refractivity contribution in [2.75, 3.05) is 23.3 Å². The topological polar surface area (TPSA) is 63.1 Å². The van der Waals surface area contributed by atoms with Gasteiger partial charge in [-0.25, -0.2) is 9.97 Å². The van der Waals surface area contributed by atoms with Crippen LogP contribution in [0.5, 0.6) is 0 Å². The van der Waals surface area contributed by atoms with Gasteiger partial charge in [0.1, 0.15) is 5.82 Å². The van der Waals surface area contributed by atoms with Gasteiger partial charge in [-0.3, -0.25) is 9.36 Å². The second-order valence-electron chi connectivity index (χ2n) is 8.87. The molecule has 2 aromatic carbocycles. The van der Waals surface area contributed by atoms with Crippen LogP contribution in [0.4, 0.5) is 11.5 Å². The molecule has 3 heterocycles. The third-order valence-electron chi connectivity index (χ3n) is 6.68. The lowest BCUT2D eigenvalue weighted by atomic mass is 10.1. The fourth-order valence-electron chi connectivity index (χ4n) is 4.78. The van der Waals surface area contributed by atoms with Gasteiger partial charge in [-0.2, -0.15) is 0 Å². The lowest BCUT2D eigenvalue weighted by Gasteiger charge is -2.19. The Hall–Kier alpha value is -3.67. The van der Waals surface area contributed by atoms with E-state index in [-0.39, 0.29) is 11.7 Å². The standard InChI is InChI=1S/C27H29N5O/c1-17-11-10-12-18(2)23(17)28-27(33)24-29-25(31-15-8-9-16-31)22-19(3)20(4)32(26(22)30-24)21-13-6-5-7-14-21/h5-7,10-14H,8-9,15-16H2,1-4H3,(H,28,33). The summed E-state index contributed by atoms with van der Waals surface area (Å²) >= 11 is 0. The number of nitrogens with zero attached hydrogens (tertiary/aromatic N) is 4. The molecule has 0 atom stereocenters. The third-order valence-corrected chi connectivity index (χ3v) is 6.68. The molecule has 0 bridgehead atoms. The van der Waals surface area contributed by atoms with Crippen LogP contribution in [-0.4, -0.2) is 33.5 Å². The minimum atomic E-state index is -0.286. The molecule has 0 spiro atoms. The molecule has 6 heteroatoms. The summed E-state index contributed by atoms with van der Waals surface area (Å²) in [7, 11) is 0. The Kier molecular flexibility index (Phi) is 5.36. The zero-order valence-corrected chi connectivity index (χ0v) is 19.6. The number of aryl methyl sites for hydroxylation is 3. The first-order chi connectivity index (χ1) is 16.0. The number of fused-ring (bicyclic) bond motifs is 1. The van der Waals surface area contributed by atoms with Gasteiger partial charge in [0.15, 0.2) is 5.65 Å². The highest BCUT2D eigenvalue weighted by Gasteiger charge is 2.26. The van der Waals surface area contributed by atoms with Gasteiger partial charge in [-0.05, 0) is 69.4 Å². The van der Waals surface area contributed by atoms with Crippen molar-refractivity contribution >= 4 is 28.4 Å². The number of aromatic nitrogens is 3. The average molecular weight is 440 g/mol. The molecule has 1 aliphatic heterocycles. The van der Waals surface area contributed by atoms with Gasteiger partial charge in [0.2, 0.25) is 5.82 Å². The number of carbonyl (C=O) groups is 1. The minimum Gasteiger partial charge on any atom is -0.356 e. The second kappa shape index (κ2) is 8.35. The molecule has 1 N–H and O–H groups in total. The molecular weight excluding hydrogens is 410 g/mol. The van der Waals surface area contributed by atoms with E-state index in [1.807, 2.05) is 50.2 Å². The maximum Gasteiger partial charge on any atom is 0.293 e. The van der Waals surface area contributed by atoms with Crippen molar-refractivity contribution < 1.29 is 4.79 Å². The number of amides is 1. The zero-order valence-electron chi connectivity index (χ0n) is 19.6. The summed E-state index contributed by atoms with van der Waals surface area (Å²) < 4.78 is 2.14. The highest BCUT2D eigenvalue weighted by molar-refractivity contribution is 6.05. The van der Waals surface area contributed by atoms with Crippen molar-refractivity contribution in [2.45, 2.75) is 40.5 Å². The summed E-state index contributed by atoms with van der Waals surface area (Å²) in [4.78, 5) is 25.4. The van der Waals surface area contributed by atoms with Gasteiger partial charge in [0.05, 0.1) is 5.39 Å². The average Bonchev–Trinajstić information content (AvgIpc) is 3.44. The number of hydrogen-bond donors (Lipinski definition) is 1. The van der Waals surface area contributed by atoms with E-state index in [1.165, 1.54) is 0 Å². The molecule has 2 aromatic heterocycles. The number of para-hydroxylation sites is 2. The van der Waals surface area contributed by atoms with Crippen molar-refractivity contribution in [1.82, 2.24) is 14.5 Å². The summed E-state index contributed by atoms with van der Waals surface area (Å²) in [5.41, 5.74) is 6.92. The third kappa shape index (κ3) is 3.65. The lowest BCUT2D eigenvalue weighted by molar-refractivity contribution is 0.101. The van der Waals surface area contributed by atoms with Gasteiger partial charge >= 0.3 is 0 Å². The highest BCUT2D eigenvalue weighted by Crippen LogP contribution is 2.35. The normalized spacial score (nSPS) is 13.6. The molecule has 6 nitrogen and oxygen atoms in total. The molecule has 0 aliphatic carbocycles. The molecule has 1 aliphatic rings.